The maximum atomic E-state index is 12.1. The van der Waals surface area contributed by atoms with E-state index >= 15 is 0 Å². The first-order chi connectivity index (χ1) is 7.28. The summed E-state index contributed by atoms with van der Waals surface area (Å²) in [5.41, 5.74) is 4.87. The summed E-state index contributed by atoms with van der Waals surface area (Å²) in [4.78, 5) is 12.1. The van der Waals surface area contributed by atoms with E-state index in [-0.39, 0.29) is 18.2 Å². The number of ether oxygens (including phenoxy) is 2. The van der Waals surface area contributed by atoms with Crippen LogP contribution in [0, 0.1) is 0 Å². The molecule has 2 saturated heterocycles. The van der Waals surface area contributed by atoms with Gasteiger partial charge in [-0.2, -0.15) is 0 Å². The van der Waals surface area contributed by atoms with Crippen LogP contribution in [0.4, 0.5) is 0 Å². The fourth-order valence-electron chi connectivity index (χ4n) is 2.52. The lowest BCUT2D eigenvalue weighted by molar-refractivity contribution is -0.168. The van der Waals surface area contributed by atoms with Crippen molar-refractivity contribution in [3.63, 3.8) is 0 Å². The van der Waals surface area contributed by atoms with E-state index in [2.05, 4.69) is 0 Å². The first-order valence-corrected chi connectivity index (χ1v) is 5.96. The average Bonchev–Trinajstić information content (AvgIpc) is 2.43. The molecule has 2 bridgehead atoms. The van der Waals surface area contributed by atoms with Crippen molar-refractivity contribution in [2.45, 2.75) is 69.8 Å². The molecule has 4 heteroatoms. The maximum Gasteiger partial charge on any atom is 0.326 e. The third-order valence-electron chi connectivity index (χ3n) is 3.18. The Morgan fingerprint density at radius 3 is 2.25 bits per heavy atom. The third kappa shape index (κ3) is 2.38. The van der Waals surface area contributed by atoms with Gasteiger partial charge in [-0.25, -0.2) is 0 Å². The predicted molar refractivity (Wildman–Crippen MR) is 59.9 cm³/mol. The van der Waals surface area contributed by atoms with E-state index in [0.29, 0.717) is 12.8 Å². The topological polar surface area (TPSA) is 61.5 Å². The van der Waals surface area contributed by atoms with Crippen LogP contribution in [0.25, 0.3) is 0 Å². The minimum Gasteiger partial charge on any atom is -0.459 e. The second-order valence-electron chi connectivity index (χ2n) is 6.02. The molecule has 0 aromatic heterocycles. The van der Waals surface area contributed by atoms with Crippen LogP contribution < -0.4 is 5.73 Å². The third-order valence-corrected chi connectivity index (χ3v) is 3.18. The highest BCUT2D eigenvalue weighted by Gasteiger charge is 2.48. The molecule has 2 rings (SSSR count). The van der Waals surface area contributed by atoms with Crippen LogP contribution in [-0.2, 0) is 14.3 Å². The lowest BCUT2D eigenvalue weighted by Crippen LogP contribution is -2.56. The highest BCUT2D eigenvalue weighted by molar-refractivity contribution is 5.81. The van der Waals surface area contributed by atoms with Crippen LogP contribution in [-0.4, -0.2) is 29.3 Å². The van der Waals surface area contributed by atoms with Gasteiger partial charge in [-0.3, -0.25) is 4.79 Å². The zero-order valence-electron chi connectivity index (χ0n) is 10.3. The lowest BCUT2D eigenvalue weighted by Gasteiger charge is -2.37. The monoisotopic (exact) mass is 227 g/mol. The molecule has 16 heavy (non-hydrogen) atoms. The zero-order chi connectivity index (χ0) is 12.0. The highest BCUT2D eigenvalue weighted by Crippen LogP contribution is 2.38. The van der Waals surface area contributed by atoms with Gasteiger partial charge in [0.2, 0.25) is 0 Å². The molecule has 2 heterocycles. The van der Waals surface area contributed by atoms with E-state index in [1.54, 1.807) is 0 Å². The van der Waals surface area contributed by atoms with Gasteiger partial charge < -0.3 is 15.2 Å². The van der Waals surface area contributed by atoms with E-state index in [4.69, 9.17) is 15.2 Å². The molecule has 0 aromatic carbocycles. The molecule has 2 unspecified atom stereocenters. The molecule has 92 valence electrons. The number of rotatable bonds is 1. The Kier molecular flexibility index (Phi) is 2.75. The summed E-state index contributed by atoms with van der Waals surface area (Å²) in [7, 11) is 0. The van der Waals surface area contributed by atoms with Gasteiger partial charge in [-0.05, 0) is 33.6 Å². The number of nitrogens with two attached hydrogens (primary N) is 1. The molecule has 0 saturated carbocycles. The number of esters is 1. The van der Waals surface area contributed by atoms with Gasteiger partial charge in [0, 0.05) is 12.8 Å². The van der Waals surface area contributed by atoms with Gasteiger partial charge in [0.25, 0.3) is 0 Å². The Hall–Kier alpha value is -0.610. The summed E-state index contributed by atoms with van der Waals surface area (Å²) >= 11 is 0. The Morgan fingerprint density at radius 2 is 1.81 bits per heavy atom. The second kappa shape index (κ2) is 3.70. The van der Waals surface area contributed by atoms with E-state index < -0.39 is 11.1 Å². The van der Waals surface area contributed by atoms with Crippen LogP contribution in [0.2, 0.25) is 0 Å². The smallest absolute Gasteiger partial charge is 0.326 e. The molecule has 2 aliphatic heterocycles. The van der Waals surface area contributed by atoms with Gasteiger partial charge in [0.15, 0.2) is 0 Å². The maximum absolute atomic E-state index is 12.1. The lowest BCUT2D eigenvalue weighted by atomic mass is 9.87. The van der Waals surface area contributed by atoms with Gasteiger partial charge in [0.1, 0.15) is 11.1 Å². The van der Waals surface area contributed by atoms with Crippen molar-refractivity contribution in [3.05, 3.63) is 0 Å². The summed E-state index contributed by atoms with van der Waals surface area (Å²) in [6, 6.07) is 0. The Bertz CT molecular complexity index is 283. The van der Waals surface area contributed by atoms with Crippen molar-refractivity contribution in [1.82, 2.24) is 0 Å². The number of hydrogen-bond donors (Lipinski definition) is 1. The molecule has 0 aromatic rings. The van der Waals surface area contributed by atoms with Crippen LogP contribution in [0.5, 0.6) is 0 Å². The fourth-order valence-corrected chi connectivity index (χ4v) is 2.52. The van der Waals surface area contributed by atoms with Crippen LogP contribution in [0.15, 0.2) is 0 Å². The average molecular weight is 227 g/mol. The van der Waals surface area contributed by atoms with Gasteiger partial charge in [0.05, 0.1) is 12.2 Å². The van der Waals surface area contributed by atoms with Crippen LogP contribution in [0.3, 0.4) is 0 Å². The molecule has 2 N–H and O–H groups in total. The van der Waals surface area contributed by atoms with Gasteiger partial charge in [-0.15, -0.1) is 0 Å². The molecule has 0 aliphatic carbocycles. The SMILES string of the molecule is CC(C)(C)OC(=O)C1(N)CC2CCC(C1)O2. The van der Waals surface area contributed by atoms with Gasteiger partial charge in [-0.1, -0.05) is 0 Å². The first kappa shape index (κ1) is 11.9. The summed E-state index contributed by atoms with van der Waals surface area (Å²) < 4.78 is 11.1. The first-order valence-electron chi connectivity index (χ1n) is 5.96. The summed E-state index contributed by atoms with van der Waals surface area (Å²) in [6.07, 6.45) is 3.53. The molecule has 2 aliphatic rings. The number of fused-ring (bicyclic) bond motifs is 2. The van der Waals surface area contributed by atoms with Crippen LogP contribution in [0.1, 0.15) is 46.5 Å². The molecule has 2 fully saturated rings. The predicted octanol–water partition coefficient (Wildman–Crippen LogP) is 1.37. The molecular formula is C12H21NO3. The Balaban J connectivity index is 2.05. The van der Waals surface area contributed by atoms with Crippen LogP contribution >= 0.6 is 0 Å². The molecule has 2 atom stereocenters. The van der Waals surface area contributed by atoms with Crippen molar-refractivity contribution in [2.24, 2.45) is 5.73 Å². The van der Waals surface area contributed by atoms with Crippen molar-refractivity contribution >= 4 is 5.97 Å². The molecule has 0 amide bonds. The summed E-state index contributed by atoms with van der Waals surface area (Å²) in [6.45, 7) is 5.59. The van der Waals surface area contributed by atoms with E-state index in [1.165, 1.54) is 0 Å². The van der Waals surface area contributed by atoms with Crippen molar-refractivity contribution < 1.29 is 14.3 Å². The summed E-state index contributed by atoms with van der Waals surface area (Å²) in [5, 5.41) is 0. The largest absolute Gasteiger partial charge is 0.459 e. The van der Waals surface area contributed by atoms with E-state index in [9.17, 15) is 4.79 Å². The molecular weight excluding hydrogens is 206 g/mol. The normalized spacial score (nSPS) is 38.5. The number of hydrogen-bond acceptors (Lipinski definition) is 4. The molecule has 4 nitrogen and oxygen atoms in total. The Labute approximate surface area is 96.5 Å². The quantitative estimate of drug-likeness (QED) is 0.687. The second-order valence-corrected chi connectivity index (χ2v) is 6.02. The fraction of sp³-hybridized carbons (Fsp3) is 0.917. The molecule has 0 radical (unpaired) electrons. The van der Waals surface area contributed by atoms with E-state index in [0.717, 1.165) is 12.8 Å². The zero-order valence-corrected chi connectivity index (χ0v) is 10.3. The van der Waals surface area contributed by atoms with E-state index in [1.807, 2.05) is 20.8 Å². The minimum atomic E-state index is -0.836. The number of carbonyl (C=O) groups excluding carboxylic acids is 1. The van der Waals surface area contributed by atoms with Crippen molar-refractivity contribution in [3.8, 4) is 0 Å². The van der Waals surface area contributed by atoms with Gasteiger partial charge >= 0.3 is 5.97 Å². The standard InChI is InChI=1S/C12H21NO3/c1-11(2,3)16-10(14)12(13)6-8-4-5-9(7-12)15-8/h8-9H,4-7,13H2,1-3H3. The van der Waals surface area contributed by atoms with Crippen molar-refractivity contribution in [1.29, 1.82) is 0 Å². The Morgan fingerprint density at radius 1 is 1.31 bits per heavy atom. The number of carbonyl (C=O) groups is 1. The van der Waals surface area contributed by atoms with Crippen molar-refractivity contribution in [2.75, 3.05) is 0 Å². The minimum absolute atomic E-state index is 0.149. The highest BCUT2D eigenvalue weighted by atomic mass is 16.6. The summed E-state index contributed by atoms with van der Waals surface area (Å²) in [5.74, 6) is -0.278. The molecule has 0 spiro atoms.